The van der Waals surface area contributed by atoms with Gasteiger partial charge < -0.3 is 10.1 Å². The highest BCUT2D eigenvalue weighted by Gasteiger charge is 2.41. The molecule has 2 rings (SSSR count). The van der Waals surface area contributed by atoms with E-state index in [0.29, 0.717) is 5.92 Å². The molecule has 1 fully saturated rings. The van der Waals surface area contributed by atoms with Crippen molar-refractivity contribution in [2.45, 2.75) is 39.5 Å². The molecule has 1 N–H and O–H groups in total. The van der Waals surface area contributed by atoms with Crippen LogP contribution in [0.5, 0.6) is 5.75 Å². The van der Waals surface area contributed by atoms with Crippen LogP contribution in [-0.2, 0) is 6.42 Å². The number of benzene rings is 1. The first-order valence-corrected chi connectivity index (χ1v) is 7.38. The molecule has 0 amide bonds. The number of ether oxygens (including phenoxy) is 1. The van der Waals surface area contributed by atoms with Crippen LogP contribution in [0.3, 0.4) is 0 Å². The molecule has 1 aromatic carbocycles. The summed E-state index contributed by atoms with van der Waals surface area (Å²) in [7, 11) is 0. The number of hydrogen-bond acceptors (Lipinski definition) is 2. The minimum Gasteiger partial charge on any atom is -0.406 e. The Kier molecular flexibility index (Phi) is 4.81. The van der Waals surface area contributed by atoms with E-state index in [1.54, 1.807) is 12.1 Å². The lowest BCUT2D eigenvalue weighted by Gasteiger charge is -2.30. The molecule has 1 aromatic rings. The maximum atomic E-state index is 12.1. The molecular weight excluding hydrogens is 279 g/mol. The average molecular weight is 301 g/mol. The summed E-state index contributed by atoms with van der Waals surface area (Å²) in [6, 6.07) is 6.24. The molecule has 1 aliphatic carbocycles. The third kappa shape index (κ3) is 4.92. The number of rotatable bonds is 7. The van der Waals surface area contributed by atoms with Gasteiger partial charge in [0.2, 0.25) is 0 Å². The van der Waals surface area contributed by atoms with Gasteiger partial charge in [0.05, 0.1) is 0 Å². The van der Waals surface area contributed by atoms with E-state index in [9.17, 15) is 13.2 Å². The molecule has 5 heteroatoms. The molecule has 118 valence electrons. The molecule has 1 saturated carbocycles. The third-order valence-corrected chi connectivity index (χ3v) is 4.11. The van der Waals surface area contributed by atoms with Crippen LogP contribution in [0.1, 0.15) is 32.3 Å². The Bertz CT molecular complexity index is 454. The summed E-state index contributed by atoms with van der Waals surface area (Å²) in [5.41, 5.74) is 1.22. The molecule has 0 saturated heterocycles. The Morgan fingerprint density at radius 2 is 1.81 bits per heavy atom. The van der Waals surface area contributed by atoms with Gasteiger partial charge in [0, 0.05) is 6.54 Å². The highest BCUT2D eigenvalue weighted by molar-refractivity contribution is 5.28. The van der Waals surface area contributed by atoms with Gasteiger partial charge in [0.15, 0.2) is 0 Å². The summed E-state index contributed by atoms with van der Waals surface area (Å²) < 4.78 is 40.3. The maximum absolute atomic E-state index is 12.1. The molecule has 1 unspecified atom stereocenters. The number of halogens is 3. The van der Waals surface area contributed by atoms with Gasteiger partial charge in [-0.25, -0.2) is 0 Å². The van der Waals surface area contributed by atoms with Crippen LogP contribution in [0.2, 0.25) is 0 Å². The van der Waals surface area contributed by atoms with Crippen molar-refractivity contribution in [1.82, 2.24) is 5.32 Å². The maximum Gasteiger partial charge on any atom is 0.573 e. The van der Waals surface area contributed by atoms with Crippen LogP contribution in [0.25, 0.3) is 0 Å². The summed E-state index contributed by atoms with van der Waals surface area (Å²) in [4.78, 5) is 0. The highest BCUT2D eigenvalue weighted by atomic mass is 19.4. The lowest BCUT2D eigenvalue weighted by molar-refractivity contribution is -0.274. The first kappa shape index (κ1) is 16.1. The van der Waals surface area contributed by atoms with Crippen molar-refractivity contribution in [3.63, 3.8) is 0 Å². The SMILES string of the molecule is CCNCC(C)(Cc1ccc(OC(F)(F)F)cc1)C1CC1. The normalized spacial score (nSPS) is 18.3. The molecule has 0 heterocycles. The molecule has 21 heavy (non-hydrogen) atoms. The Morgan fingerprint density at radius 1 is 1.19 bits per heavy atom. The molecule has 0 spiro atoms. The summed E-state index contributed by atoms with van der Waals surface area (Å²) in [6.07, 6.45) is -1.26. The number of nitrogens with one attached hydrogen (secondary N) is 1. The fourth-order valence-electron chi connectivity index (χ4n) is 2.82. The molecule has 0 radical (unpaired) electrons. The second kappa shape index (κ2) is 6.26. The molecule has 1 atom stereocenters. The van der Waals surface area contributed by atoms with Crippen LogP contribution < -0.4 is 10.1 Å². The molecule has 0 aliphatic heterocycles. The molecule has 2 nitrogen and oxygen atoms in total. The second-order valence-corrected chi connectivity index (χ2v) is 6.08. The quantitative estimate of drug-likeness (QED) is 0.816. The topological polar surface area (TPSA) is 21.3 Å². The van der Waals surface area contributed by atoms with Gasteiger partial charge in [-0.15, -0.1) is 13.2 Å². The van der Waals surface area contributed by atoms with E-state index in [1.807, 2.05) is 0 Å². The van der Waals surface area contributed by atoms with Crippen molar-refractivity contribution in [1.29, 1.82) is 0 Å². The van der Waals surface area contributed by atoms with Gasteiger partial charge in [0.1, 0.15) is 5.75 Å². The Balaban J connectivity index is 2.00. The van der Waals surface area contributed by atoms with Gasteiger partial charge in [0.25, 0.3) is 0 Å². The van der Waals surface area contributed by atoms with E-state index in [2.05, 4.69) is 23.9 Å². The third-order valence-electron chi connectivity index (χ3n) is 4.11. The standard InChI is InChI=1S/C16H22F3NO/c1-3-20-11-15(2,13-6-7-13)10-12-4-8-14(9-5-12)21-16(17,18)19/h4-5,8-9,13,20H,3,6-7,10-11H2,1-2H3. The molecule has 0 aromatic heterocycles. The predicted molar refractivity (Wildman–Crippen MR) is 76.2 cm³/mol. The van der Waals surface area contributed by atoms with Gasteiger partial charge in [-0.2, -0.15) is 0 Å². The fraction of sp³-hybridized carbons (Fsp3) is 0.625. The smallest absolute Gasteiger partial charge is 0.406 e. The Hall–Kier alpha value is -1.23. The van der Waals surface area contributed by atoms with Crippen molar-refractivity contribution in [3.05, 3.63) is 29.8 Å². The van der Waals surface area contributed by atoms with E-state index in [-0.39, 0.29) is 11.2 Å². The monoisotopic (exact) mass is 301 g/mol. The van der Waals surface area contributed by atoms with Crippen molar-refractivity contribution in [2.24, 2.45) is 11.3 Å². The van der Waals surface area contributed by atoms with E-state index >= 15 is 0 Å². The van der Waals surface area contributed by atoms with E-state index in [4.69, 9.17) is 0 Å². The zero-order valence-corrected chi connectivity index (χ0v) is 12.5. The van der Waals surface area contributed by atoms with Gasteiger partial charge >= 0.3 is 6.36 Å². The Morgan fingerprint density at radius 3 is 2.29 bits per heavy atom. The van der Waals surface area contributed by atoms with Gasteiger partial charge in [-0.05, 0) is 54.8 Å². The summed E-state index contributed by atoms with van der Waals surface area (Å²) in [5, 5.41) is 3.40. The van der Waals surface area contributed by atoms with Crippen LogP contribution >= 0.6 is 0 Å². The molecular formula is C16H22F3NO. The van der Waals surface area contributed by atoms with Crippen molar-refractivity contribution < 1.29 is 17.9 Å². The van der Waals surface area contributed by atoms with Crippen molar-refractivity contribution >= 4 is 0 Å². The lowest BCUT2D eigenvalue weighted by Crippen LogP contribution is -2.35. The van der Waals surface area contributed by atoms with E-state index in [0.717, 1.165) is 25.1 Å². The summed E-state index contributed by atoms with van der Waals surface area (Å²) >= 11 is 0. The minimum absolute atomic E-state index is 0.161. The first-order valence-electron chi connectivity index (χ1n) is 7.38. The summed E-state index contributed by atoms with van der Waals surface area (Å²) in [6.45, 7) is 6.21. The van der Waals surface area contributed by atoms with E-state index < -0.39 is 6.36 Å². The highest BCUT2D eigenvalue weighted by Crippen LogP contribution is 2.47. The van der Waals surface area contributed by atoms with Gasteiger partial charge in [-0.3, -0.25) is 0 Å². The van der Waals surface area contributed by atoms with Crippen LogP contribution in [0.4, 0.5) is 13.2 Å². The second-order valence-electron chi connectivity index (χ2n) is 6.08. The molecule has 1 aliphatic rings. The first-order chi connectivity index (χ1) is 9.82. The van der Waals surface area contributed by atoms with E-state index in [1.165, 1.54) is 25.0 Å². The molecule has 0 bridgehead atoms. The average Bonchev–Trinajstić information content (AvgIpc) is 3.22. The van der Waals surface area contributed by atoms with Crippen LogP contribution in [0, 0.1) is 11.3 Å². The van der Waals surface area contributed by atoms with Crippen molar-refractivity contribution in [2.75, 3.05) is 13.1 Å². The van der Waals surface area contributed by atoms with Crippen molar-refractivity contribution in [3.8, 4) is 5.75 Å². The van der Waals surface area contributed by atoms with Crippen LogP contribution in [0.15, 0.2) is 24.3 Å². The van der Waals surface area contributed by atoms with Gasteiger partial charge in [-0.1, -0.05) is 26.0 Å². The minimum atomic E-state index is -4.63. The lowest BCUT2D eigenvalue weighted by atomic mass is 9.79. The largest absolute Gasteiger partial charge is 0.573 e. The number of alkyl halides is 3. The number of hydrogen-bond donors (Lipinski definition) is 1. The fourth-order valence-corrected chi connectivity index (χ4v) is 2.82. The predicted octanol–water partition coefficient (Wildman–Crippen LogP) is 4.15. The Labute approximate surface area is 123 Å². The van der Waals surface area contributed by atoms with Crippen LogP contribution in [-0.4, -0.2) is 19.5 Å². The zero-order valence-electron chi connectivity index (χ0n) is 12.5. The summed E-state index contributed by atoms with van der Waals surface area (Å²) in [5.74, 6) is 0.550. The zero-order chi connectivity index (χ0) is 15.5.